The first-order chi connectivity index (χ1) is 9.66. The predicted octanol–water partition coefficient (Wildman–Crippen LogP) is 4.44. The van der Waals surface area contributed by atoms with E-state index in [-0.39, 0.29) is 6.04 Å². The van der Waals surface area contributed by atoms with Crippen LogP contribution in [0.15, 0.2) is 42.5 Å². The van der Waals surface area contributed by atoms with Gasteiger partial charge in [0.25, 0.3) is 0 Å². The molecular formula is C17H19ClN2. The second-order valence-electron chi connectivity index (χ2n) is 5.38. The van der Waals surface area contributed by atoms with E-state index in [0.717, 1.165) is 35.7 Å². The van der Waals surface area contributed by atoms with E-state index >= 15 is 0 Å². The number of anilines is 2. The third-order valence-electron chi connectivity index (χ3n) is 3.90. The number of aryl methyl sites for hydroxylation is 1. The Morgan fingerprint density at radius 2 is 1.95 bits per heavy atom. The summed E-state index contributed by atoms with van der Waals surface area (Å²) in [6, 6.07) is 14.7. The Balaban J connectivity index is 2.02. The predicted molar refractivity (Wildman–Crippen MR) is 85.8 cm³/mol. The van der Waals surface area contributed by atoms with Crippen molar-refractivity contribution in [3.05, 3.63) is 58.6 Å². The summed E-state index contributed by atoms with van der Waals surface area (Å²) in [5, 5.41) is 0.775. The third kappa shape index (κ3) is 2.41. The van der Waals surface area contributed by atoms with Crippen molar-refractivity contribution in [2.75, 3.05) is 11.4 Å². The van der Waals surface area contributed by atoms with Crippen molar-refractivity contribution < 1.29 is 0 Å². The lowest BCUT2D eigenvalue weighted by molar-refractivity contribution is 0.765. The smallest absolute Gasteiger partial charge is 0.0646 e. The standard InChI is InChI=1S/C17H19ClN2/c1-12(19)14-8-9-17(15(18)11-14)20-10-4-6-13-5-2-3-7-16(13)20/h2-3,5,7-9,11-12H,4,6,10,19H2,1H3/t12-/m0/s1. The van der Waals surface area contributed by atoms with Crippen LogP contribution in [0.1, 0.15) is 30.5 Å². The van der Waals surface area contributed by atoms with Crippen molar-refractivity contribution in [1.82, 2.24) is 0 Å². The summed E-state index contributed by atoms with van der Waals surface area (Å²) in [6.45, 7) is 2.98. The minimum atomic E-state index is 0.00944. The van der Waals surface area contributed by atoms with Crippen molar-refractivity contribution in [3.8, 4) is 0 Å². The van der Waals surface area contributed by atoms with Gasteiger partial charge >= 0.3 is 0 Å². The van der Waals surface area contributed by atoms with Crippen LogP contribution in [-0.4, -0.2) is 6.54 Å². The highest BCUT2D eigenvalue weighted by Gasteiger charge is 2.19. The summed E-state index contributed by atoms with van der Waals surface area (Å²) in [4.78, 5) is 2.31. The van der Waals surface area contributed by atoms with Gasteiger partial charge in [-0.2, -0.15) is 0 Å². The quantitative estimate of drug-likeness (QED) is 0.884. The highest BCUT2D eigenvalue weighted by atomic mass is 35.5. The molecule has 0 aliphatic carbocycles. The van der Waals surface area contributed by atoms with E-state index in [1.165, 1.54) is 11.3 Å². The number of rotatable bonds is 2. The second-order valence-corrected chi connectivity index (χ2v) is 5.79. The van der Waals surface area contributed by atoms with E-state index in [0.29, 0.717) is 0 Å². The van der Waals surface area contributed by atoms with Crippen molar-refractivity contribution in [2.45, 2.75) is 25.8 Å². The first kappa shape index (κ1) is 13.5. The number of hydrogen-bond acceptors (Lipinski definition) is 2. The Labute approximate surface area is 125 Å². The van der Waals surface area contributed by atoms with Crippen molar-refractivity contribution in [2.24, 2.45) is 5.73 Å². The molecule has 1 aliphatic rings. The monoisotopic (exact) mass is 286 g/mol. The molecule has 0 saturated carbocycles. The van der Waals surface area contributed by atoms with Crippen LogP contribution in [0.5, 0.6) is 0 Å². The summed E-state index contributed by atoms with van der Waals surface area (Å²) < 4.78 is 0. The Kier molecular flexibility index (Phi) is 3.68. The van der Waals surface area contributed by atoms with Crippen LogP contribution in [0.4, 0.5) is 11.4 Å². The van der Waals surface area contributed by atoms with Crippen LogP contribution in [0.25, 0.3) is 0 Å². The van der Waals surface area contributed by atoms with Crippen molar-refractivity contribution in [3.63, 3.8) is 0 Å². The fourth-order valence-electron chi connectivity index (χ4n) is 2.81. The molecule has 0 spiro atoms. The molecule has 3 rings (SSSR count). The van der Waals surface area contributed by atoms with Crippen molar-refractivity contribution >= 4 is 23.0 Å². The fraction of sp³-hybridized carbons (Fsp3) is 0.294. The zero-order chi connectivity index (χ0) is 14.1. The number of halogens is 1. The molecule has 20 heavy (non-hydrogen) atoms. The second kappa shape index (κ2) is 5.47. The number of benzene rings is 2. The molecule has 0 saturated heterocycles. The molecule has 2 aromatic rings. The molecule has 0 amide bonds. The van der Waals surface area contributed by atoms with Crippen LogP contribution in [0.2, 0.25) is 5.02 Å². The Morgan fingerprint density at radius 3 is 2.70 bits per heavy atom. The molecule has 1 heterocycles. The number of fused-ring (bicyclic) bond motifs is 1. The molecule has 0 unspecified atom stereocenters. The molecule has 3 heteroatoms. The van der Waals surface area contributed by atoms with E-state index in [2.05, 4.69) is 41.3 Å². The molecular weight excluding hydrogens is 268 g/mol. The maximum absolute atomic E-state index is 6.48. The highest BCUT2D eigenvalue weighted by Crippen LogP contribution is 2.37. The topological polar surface area (TPSA) is 29.3 Å². The van der Waals surface area contributed by atoms with E-state index < -0.39 is 0 Å². The number of nitrogens with zero attached hydrogens (tertiary/aromatic N) is 1. The van der Waals surface area contributed by atoms with Crippen LogP contribution in [0.3, 0.4) is 0 Å². The zero-order valence-electron chi connectivity index (χ0n) is 11.6. The SMILES string of the molecule is C[C@H](N)c1ccc(N2CCCc3ccccc32)c(Cl)c1. The van der Waals surface area contributed by atoms with Crippen LogP contribution >= 0.6 is 11.6 Å². The molecule has 1 aliphatic heterocycles. The molecule has 0 fully saturated rings. The lowest BCUT2D eigenvalue weighted by atomic mass is 10.0. The molecule has 0 bridgehead atoms. The van der Waals surface area contributed by atoms with Gasteiger partial charge in [0.05, 0.1) is 10.7 Å². The van der Waals surface area contributed by atoms with Gasteiger partial charge in [-0.25, -0.2) is 0 Å². The molecule has 2 nitrogen and oxygen atoms in total. The molecule has 0 radical (unpaired) electrons. The van der Waals surface area contributed by atoms with Gasteiger partial charge in [-0.3, -0.25) is 0 Å². The van der Waals surface area contributed by atoms with E-state index in [4.69, 9.17) is 17.3 Å². The molecule has 0 aromatic heterocycles. The summed E-state index contributed by atoms with van der Waals surface area (Å²) in [6.07, 6.45) is 2.30. The minimum absolute atomic E-state index is 0.00944. The number of para-hydroxylation sites is 1. The normalized spacial score (nSPS) is 15.8. The van der Waals surface area contributed by atoms with Gasteiger partial charge < -0.3 is 10.6 Å². The Morgan fingerprint density at radius 1 is 1.15 bits per heavy atom. The van der Waals surface area contributed by atoms with Gasteiger partial charge in [-0.05, 0) is 49.1 Å². The van der Waals surface area contributed by atoms with Crippen molar-refractivity contribution in [1.29, 1.82) is 0 Å². The maximum atomic E-state index is 6.48. The van der Waals surface area contributed by atoms with E-state index in [1.807, 2.05) is 13.0 Å². The van der Waals surface area contributed by atoms with Crippen LogP contribution < -0.4 is 10.6 Å². The van der Waals surface area contributed by atoms with Gasteiger partial charge in [-0.15, -0.1) is 0 Å². The van der Waals surface area contributed by atoms with E-state index in [9.17, 15) is 0 Å². The minimum Gasteiger partial charge on any atom is -0.340 e. The Hall–Kier alpha value is -1.51. The van der Waals surface area contributed by atoms with Gasteiger partial charge in [0.1, 0.15) is 0 Å². The lowest BCUT2D eigenvalue weighted by Gasteiger charge is -2.32. The summed E-state index contributed by atoms with van der Waals surface area (Å²) in [5.74, 6) is 0. The summed E-state index contributed by atoms with van der Waals surface area (Å²) >= 11 is 6.48. The first-order valence-electron chi connectivity index (χ1n) is 7.07. The average molecular weight is 287 g/mol. The Bertz CT molecular complexity index is 622. The molecule has 104 valence electrons. The highest BCUT2D eigenvalue weighted by molar-refractivity contribution is 6.33. The summed E-state index contributed by atoms with van der Waals surface area (Å²) in [5.41, 5.74) is 10.7. The molecule has 1 atom stereocenters. The third-order valence-corrected chi connectivity index (χ3v) is 4.20. The van der Waals surface area contributed by atoms with Crippen LogP contribution in [0, 0.1) is 0 Å². The van der Waals surface area contributed by atoms with E-state index in [1.54, 1.807) is 0 Å². The lowest BCUT2D eigenvalue weighted by Crippen LogP contribution is -2.24. The van der Waals surface area contributed by atoms with Gasteiger partial charge in [0.2, 0.25) is 0 Å². The first-order valence-corrected chi connectivity index (χ1v) is 7.45. The number of nitrogens with two attached hydrogens (primary N) is 1. The average Bonchev–Trinajstić information content (AvgIpc) is 2.46. The van der Waals surface area contributed by atoms with Gasteiger partial charge in [0.15, 0.2) is 0 Å². The molecule has 2 N–H and O–H groups in total. The summed E-state index contributed by atoms with van der Waals surface area (Å²) in [7, 11) is 0. The van der Waals surface area contributed by atoms with Gasteiger partial charge in [0, 0.05) is 18.3 Å². The largest absolute Gasteiger partial charge is 0.340 e. The molecule has 2 aromatic carbocycles. The zero-order valence-corrected chi connectivity index (χ0v) is 12.4. The fourth-order valence-corrected chi connectivity index (χ4v) is 3.10. The van der Waals surface area contributed by atoms with Crippen LogP contribution in [-0.2, 0) is 6.42 Å². The number of hydrogen-bond donors (Lipinski definition) is 1. The van der Waals surface area contributed by atoms with Gasteiger partial charge in [-0.1, -0.05) is 35.9 Å². The maximum Gasteiger partial charge on any atom is 0.0646 e.